The van der Waals surface area contributed by atoms with Crippen molar-refractivity contribution in [2.24, 2.45) is 5.14 Å². The molecule has 0 aliphatic heterocycles. The average molecular weight is 252 g/mol. The third kappa shape index (κ3) is 11.1. The lowest BCUT2D eigenvalue weighted by Crippen LogP contribution is -2.32. The molecule has 0 bridgehead atoms. The van der Waals surface area contributed by atoms with Gasteiger partial charge in [0.05, 0.1) is 0 Å². The van der Waals surface area contributed by atoms with Gasteiger partial charge in [-0.05, 0) is 12.1 Å². The maximum absolute atomic E-state index is 10.00. The van der Waals surface area contributed by atoms with Crippen molar-refractivity contribution in [3.63, 3.8) is 0 Å². The molecule has 0 aliphatic carbocycles. The van der Waals surface area contributed by atoms with E-state index >= 15 is 0 Å². The largest absolute Gasteiger partial charge is 0.399 e. The normalized spacial score (nSPS) is 10.3. The van der Waals surface area contributed by atoms with Gasteiger partial charge >= 0.3 is 0 Å². The zero-order valence-corrected chi connectivity index (χ0v) is 9.63. The molecular formula is C8H14ClN3O2S. The molecule has 86 valence electrons. The number of halogens is 1. The quantitative estimate of drug-likeness (QED) is 0.532. The van der Waals surface area contributed by atoms with E-state index in [4.69, 9.17) is 17.3 Å². The molecule has 1 aromatic carbocycles. The van der Waals surface area contributed by atoms with Gasteiger partial charge in [0.2, 0.25) is 0 Å². The van der Waals surface area contributed by atoms with Crippen LogP contribution >= 0.6 is 11.6 Å². The highest BCUT2D eigenvalue weighted by Crippen LogP contribution is 1.95. The molecule has 0 radical (unpaired) electrons. The van der Waals surface area contributed by atoms with Gasteiger partial charge in [-0.1, -0.05) is 18.2 Å². The Kier molecular flexibility index (Phi) is 7.06. The van der Waals surface area contributed by atoms with Gasteiger partial charge < -0.3 is 5.73 Å². The number of benzene rings is 1. The number of nitrogens with one attached hydrogen (secondary N) is 1. The summed E-state index contributed by atoms with van der Waals surface area (Å²) in [5.41, 5.74) is 6.18. The Morgan fingerprint density at radius 1 is 1.27 bits per heavy atom. The van der Waals surface area contributed by atoms with Gasteiger partial charge in [0.1, 0.15) is 0 Å². The molecule has 0 aromatic heterocycles. The molecule has 0 fully saturated rings. The molecule has 0 unspecified atom stereocenters. The summed E-state index contributed by atoms with van der Waals surface area (Å²) in [7, 11) is -3.52. The number of hydrogen-bond acceptors (Lipinski definition) is 3. The monoisotopic (exact) mass is 251 g/mol. The maximum atomic E-state index is 10.00. The van der Waals surface area contributed by atoms with Gasteiger partial charge in [-0.2, -0.15) is 8.42 Å². The summed E-state index contributed by atoms with van der Waals surface area (Å²) in [5.74, 6) is 0.233. The van der Waals surface area contributed by atoms with Crippen molar-refractivity contribution in [3.05, 3.63) is 30.3 Å². The Morgan fingerprint density at radius 2 is 1.80 bits per heavy atom. The molecular weight excluding hydrogens is 238 g/mol. The van der Waals surface area contributed by atoms with Crippen molar-refractivity contribution < 1.29 is 8.42 Å². The van der Waals surface area contributed by atoms with E-state index in [1.54, 1.807) is 0 Å². The number of hydrogen-bond donors (Lipinski definition) is 3. The van der Waals surface area contributed by atoms with Crippen LogP contribution in [0.5, 0.6) is 0 Å². The van der Waals surface area contributed by atoms with Crippen LogP contribution in [0.2, 0.25) is 0 Å². The van der Waals surface area contributed by atoms with Gasteiger partial charge in [-0.25, -0.2) is 9.86 Å². The van der Waals surface area contributed by atoms with Gasteiger partial charge in [0.25, 0.3) is 10.2 Å². The zero-order valence-electron chi connectivity index (χ0n) is 8.06. The van der Waals surface area contributed by atoms with E-state index in [0.29, 0.717) is 0 Å². The van der Waals surface area contributed by atoms with Crippen LogP contribution in [0.1, 0.15) is 0 Å². The maximum Gasteiger partial charge on any atom is 0.274 e. The first kappa shape index (κ1) is 14.2. The number of nitrogen functional groups attached to an aromatic ring is 1. The lowest BCUT2D eigenvalue weighted by molar-refractivity contribution is 0.586. The highest BCUT2D eigenvalue weighted by Gasteiger charge is 1.95. The molecule has 5 nitrogen and oxygen atoms in total. The number of anilines is 1. The summed E-state index contributed by atoms with van der Waals surface area (Å²) < 4.78 is 22.0. The van der Waals surface area contributed by atoms with E-state index in [9.17, 15) is 8.42 Å². The van der Waals surface area contributed by atoms with E-state index in [-0.39, 0.29) is 12.4 Å². The first-order chi connectivity index (χ1) is 6.95. The predicted octanol–water partition coefficient (Wildman–Crippen LogP) is 0.287. The van der Waals surface area contributed by atoms with E-state index in [1.165, 1.54) is 0 Å². The van der Waals surface area contributed by atoms with Crippen molar-refractivity contribution >= 4 is 27.5 Å². The van der Waals surface area contributed by atoms with Crippen molar-refractivity contribution in [2.45, 2.75) is 0 Å². The minimum atomic E-state index is -3.52. The highest BCUT2D eigenvalue weighted by molar-refractivity contribution is 7.87. The van der Waals surface area contributed by atoms with Crippen LogP contribution < -0.4 is 15.6 Å². The fourth-order valence-electron chi connectivity index (χ4n) is 0.634. The first-order valence-corrected chi connectivity index (χ1v) is 6.17. The van der Waals surface area contributed by atoms with Crippen LogP contribution in [0.15, 0.2) is 30.3 Å². The first-order valence-electron chi connectivity index (χ1n) is 4.09. The smallest absolute Gasteiger partial charge is 0.274 e. The highest BCUT2D eigenvalue weighted by atomic mass is 35.5. The fourth-order valence-corrected chi connectivity index (χ4v) is 1.23. The second kappa shape index (κ2) is 7.47. The molecule has 0 spiro atoms. The Bertz CT molecular complexity index is 355. The summed E-state index contributed by atoms with van der Waals surface area (Å²) in [6.07, 6.45) is 0. The number of para-hydroxylation sites is 1. The third-order valence-electron chi connectivity index (χ3n) is 1.20. The zero-order chi connectivity index (χ0) is 11.7. The number of rotatable bonds is 3. The molecule has 0 atom stereocenters. The summed E-state index contributed by atoms with van der Waals surface area (Å²) in [6, 6.07) is 9.49. The fraction of sp³-hybridized carbons (Fsp3) is 0.250. The van der Waals surface area contributed by atoms with Gasteiger partial charge in [-0.15, -0.1) is 11.6 Å². The summed E-state index contributed by atoms with van der Waals surface area (Å²) in [6.45, 7) is 0.181. The number of nitrogens with two attached hydrogens (primary N) is 2. The van der Waals surface area contributed by atoms with Gasteiger partial charge in [0, 0.05) is 18.1 Å². The van der Waals surface area contributed by atoms with Crippen LogP contribution in [0, 0.1) is 0 Å². The molecule has 5 N–H and O–H groups in total. The van der Waals surface area contributed by atoms with Crippen molar-refractivity contribution in [1.82, 2.24) is 4.72 Å². The van der Waals surface area contributed by atoms with Crippen LogP contribution in [-0.4, -0.2) is 20.8 Å². The Morgan fingerprint density at radius 3 is 2.00 bits per heavy atom. The molecule has 7 heteroatoms. The van der Waals surface area contributed by atoms with Gasteiger partial charge in [0.15, 0.2) is 0 Å². The Balaban J connectivity index is 0.000000262. The van der Waals surface area contributed by atoms with Crippen LogP contribution in [0.4, 0.5) is 5.69 Å². The predicted molar refractivity (Wildman–Crippen MR) is 62.7 cm³/mol. The van der Waals surface area contributed by atoms with Crippen molar-refractivity contribution in [2.75, 3.05) is 18.2 Å². The molecule has 0 heterocycles. The van der Waals surface area contributed by atoms with E-state index < -0.39 is 10.2 Å². The minimum absolute atomic E-state index is 0.181. The molecule has 1 aromatic rings. The lowest BCUT2D eigenvalue weighted by Gasteiger charge is -1.94. The molecule has 15 heavy (non-hydrogen) atoms. The third-order valence-corrected chi connectivity index (χ3v) is 1.99. The van der Waals surface area contributed by atoms with Crippen LogP contribution in [-0.2, 0) is 10.2 Å². The molecule has 0 saturated carbocycles. The average Bonchev–Trinajstić information content (AvgIpc) is 2.16. The van der Waals surface area contributed by atoms with Crippen molar-refractivity contribution in [3.8, 4) is 0 Å². The topological polar surface area (TPSA) is 98.2 Å². The molecule has 1 rings (SSSR count). The molecule has 0 aliphatic rings. The SMILES string of the molecule is NS(=O)(=O)NCCCl.Nc1ccccc1. The van der Waals surface area contributed by atoms with E-state index in [1.807, 2.05) is 35.1 Å². The van der Waals surface area contributed by atoms with Crippen LogP contribution in [0.3, 0.4) is 0 Å². The van der Waals surface area contributed by atoms with E-state index in [0.717, 1.165) is 5.69 Å². The summed E-state index contributed by atoms with van der Waals surface area (Å²) >= 11 is 5.13. The molecule has 0 saturated heterocycles. The van der Waals surface area contributed by atoms with Gasteiger partial charge in [-0.3, -0.25) is 0 Å². The molecule has 0 amide bonds. The summed E-state index contributed by atoms with van der Waals surface area (Å²) in [5, 5.41) is 4.52. The Labute approximate surface area is 94.6 Å². The van der Waals surface area contributed by atoms with E-state index in [2.05, 4.69) is 5.14 Å². The van der Waals surface area contributed by atoms with Crippen molar-refractivity contribution in [1.29, 1.82) is 0 Å². The second-order valence-electron chi connectivity index (χ2n) is 2.54. The second-order valence-corrected chi connectivity index (χ2v) is 4.30. The Hall–Kier alpha value is -0.820. The standard InChI is InChI=1S/C6H7N.C2H7ClN2O2S/c7-6-4-2-1-3-5-6;3-1-2-5-8(4,6)7/h1-5H,7H2;5H,1-2H2,(H2,4,6,7). The summed E-state index contributed by atoms with van der Waals surface area (Å²) in [4.78, 5) is 0. The number of alkyl halides is 1. The van der Waals surface area contributed by atoms with Crippen LogP contribution in [0.25, 0.3) is 0 Å². The minimum Gasteiger partial charge on any atom is -0.399 e. The lowest BCUT2D eigenvalue weighted by atomic mass is 10.3.